The summed E-state index contributed by atoms with van der Waals surface area (Å²) in [5.74, 6) is -0.537. The average molecular weight is 332 g/mol. The van der Waals surface area contributed by atoms with E-state index in [9.17, 15) is 4.79 Å². The molecule has 0 aliphatic carbocycles. The summed E-state index contributed by atoms with van der Waals surface area (Å²) in [6, 6.07) is 12.1. The summed E-state index contributed by atoms with van der Waals surface area (Å²) in [4.78, 5) is 16.7. The Morgan fingerprint density at radius 2 is 1.83 bits per heavy atom. The van der Waals surface area contributed by atoms with Gasteiger partial charge in [-0.25, -0.2) is 9.78 Å². The molecule has 1 unspecified atom stereocenters. The summed E-state index contributed by atoms with van der Waals surface area (Å²) in [5.41, 5.74) is 1.04. The fourth-order valence-electron chi connectivity index (χ4n) is 2.63. The first-order valence-electron chi connectivity index (χ1n) is 6.85. The number of oxazole rings is 1. The van der Waals surface area contributed by atoms with E-state index in [1.165, 1.54) is 20.6 Å². The molecular weight excluding hydrogens is 318 g/mol. The molecular formula is C17H14ClNO4. The summed E-state index contributed by atoms with van der Waals surface area (Å²) in [5, 5.41) is 0.565. The number of benzene rings is 2. The van der Waals surface area contributed by atoms with E-state index in [0.29, 0.717) is 27.2 Å². The third-order valence-electron chi connectivity index (χ3n) is 3.77. The monoisotopic (exact) mass is 331 g/mol. The molecule has 6 heteroatoms. The molecule has 3 aromatic rings. The Kier molecular flexibility index (Phi) is 4.07. The van der Waals surface area contributed by atoms with Crippen molar-refractivity contribution in [3.05, 3.63) is 65.0 Å². The van der Waals surface area contributed by atoms with Crippen LogP contribution in [0.2, 0.25) is 5.02 Å². The molecule has 0 spiro atoms. The quantitative estimate of drug-likeness (QED) is 0.684. The maximum absolute atomic E-state index is 12.6. The molecule has 3 rings (SSSR count). The highest BCUT2D eigenvalue weighted by atomic mass is 35.5. The van der Waals surface area contributed by atoms with Crippen LogP contribution in [-0.2, 0) is 19.9 Å². The van der Waals surface area contributed by atoms with Gasteiger partial charge in [-0.3, -0.25) is 0 Å². The molecule has 0 amide bonds. The maximum Gasteiger partial charge on any atom is 0.347 e. The lowest BCUT2D eigenvalue weighted by atomic mass is 9.86. The molecule has 0 bridgehead atoms. The van der Waals surface area contributed by atoms with E-state index in [4.69, 9.17) is 25.5 Å². The number of carbonyl (C=O) groups is 1. The Morgan fingerprint density at radius 3 is 2.48 bits per heavy atom. The van der Waals surface area contributed by atoms with Gasteiger partial charge in [0.1, 0.15) is 5.52 Å². The summed E-state index contributed by atoms with van der Waals surface area (Å²) in [7, 11) is 2.78. The van der Waals surface area contributed by atoms with Gasteiger partial charge in [-0.1, -0.05) is 29.8 Å². The van der Waals surface area contributed by atoms with Crippen molar-refractivity contribution < 1.29 is 18.7 Å². The van der Waals surface area contributed by atoms with Crippen LogP contribution >= 0.6 is 11.6 Å². The lowest BCUT2D eigenvalue weighted by Gasteiger charge is -2.30. The van der Waals surface area contributed by atoms with Gasteiger partial charge in [-0.15, -0.1) is 0 Å². The molecule has 1 atom stereocenters. The van der Waals surface area contributed by atoms with E-state index in [-0.39, 0.29) is 0 Å². The van der Waals surface area contributed by atoms with Gasteiger partial charge in [-0.2, -0.15) is 0 Å². The number of halogens is 1. The molecule has 118 valence electrons. The topological polar surface area (TPSA) is 61.6 Å². The van der Waals surface area contributed by atoms with Crippen LogP contribution in [0.4, 0.5) is 0 Å². The fraction of sp³-hybridized carbons (Fsp3) is 0.176. The molecule has 2 aromatic carbocycles. The van der Waals surface area contributed by atoms with Crippen molar-refractivity contribution in [1.82, 2.24) is 4.98 Å². The predicted molar refractivity (Wildman–Crippen MR) is 85.3 cm³/mol. The number of esters is 1. The lowest BCUT2D eigenvalue weighted by Crippen LogP contribution is -2.40. The smallest absolute Gasteiger partial charge is 0.347 e. The van der Waals surface area contributed by atoms with E-state index in [0.717, 1.165) is 0 Å². The van der Waals surface area contributed by atoms with Crippen LogP contribution in [-0.4, -0.2) is 25.2 Å². The minimum Gasteiger partial charge on any atom is -0.466 e. The lowest BCUT2D eigenvalue weighted by molar-refractivity contribution is -0.162. The van der Waals surface area contributed by atoms with E-state index >= 15 is 0 Å². The Bertz CT molecular complexity index is 843. The Balaban J connectivity index is 2.25. The highest BCUT2D eigenvalue weighted by Gasteiger charge is 2.44. The molecule has 0 saturated carbocycles. The fourth-order valence-corrected chi connectivity index (χ4v) is 2.75. The van der Waals surface area contributed by atoms with Crippen LogP contribution in [0.5, 0.6) is 0 Å². The van der Waals surface area contributed by atoms with Crippen LogP contribution in [0.15, 0.2) is 53.3 Å². The first-order valence-corrected chi connectivity index (χ1v) is 7.23. The molecule has 1 heterocycles. The van der Waals surface area contributed by atoms with Gasteiger partial charge in [0, 0.05) is 17.7 Å². The largest absolute Gasteiger partial charge is 0.466 e. The highest BCUT2D eigenvalue weighted by Crippen LogP contribution is 2.36. The van der Waals surface area contributed by atoms with Crippen LogP contribution < -0.4 is 0 Å². The molecule has 5 nitrogen and oxygen atoms in total. The number of aromatic nitrogens is 1. The Morgan fingerprint density at radius 1 is 1.13 bits per heavy atom. The first kappa shape index (κ1) is 15.5. The zero-order valence-electron chi connectivity index (χ0n) is 12.6. The van der Waals surface area contributed by atoms with Crippen molar-refractivity contribution in [2.75, 3.05) is 14.2 Å². The molecule has 23 heavy (non-hydrogen) atoms. The average Bonchev–Trinajstić information content (AvgIpc) is 3.05. The minimum atomic E-state index is -1.41. The second-order valence-electron chi connectivity index (χ2n) is 4.92. The number of hydrogen-bond acceptors (Lipinski definition) is 5. The highest BCUT2D eigenvalue weighted by molar-refractivity contribution is 6.30. The summed E-state index contributed by atoms with van der Waals surface area (Å²) in [6.45, 7) is 0. The summed E-state index contributed by atoms with van der Waals surface area (Å²) < 4.78 is 15.9. The van der Waals surface area contributed by atoms with E-state index in [1.54, 1.807) is 42.5 Å². The van der Waals surface area contributed by atoms with Gasteiger partial charge in [0.15, 0.2) is 12.0 Å². The van der Waals surface area contributed by atoms with Crippen molar-refractivity contribution in [3.63, 3.8) is 0 Å². The van der Waals surface area contributed by atoms with E-state index < -0.39 is 11.6 Å². The summed E-state index contributed by atoms with van der Waals surface area (Å²) >= 11 is 5.95. The van der Waals surface area contributed by atoms with Gasteiger partial charge in [0.25, 0.3) is 0 Å². The number of hydrogen-bond donors (Lipinski definition) is 0. The molecule has 0 fully saturated rings. The van der Waals surface area contributed by atoms with Crippen molar-refractivity contribution in [2.45, 2.75) is 5.60 Å². The Labute approximate surface area is 137 Å². The molecule has 0 aliphatic heterocycles. The third-order valence-corrected chi connectivity index (χ3v) is 4.02. The normalized spacial score (nSPS) is 13.7. The zero-order chi connectivity index (χ0) is 16.4. The van der Waals surface area contributed by atoms with Gasteiger partial charge in [0.2, 0.25) is 5.60 Å². The zero-order valence-corrected chi connectivity index (χ0v) is 13.3. The van der Waals surface area contributed by atoms with Gasteiger partial charge >= 0.3 is 5.97 Å². The van der Waals surface area contributed by atoms with Crippen LogP contribution in [0.25, 0.3) is 11.1 Å². The Hall–Kier alpha value is -2.37. The summed E-state index contributed by atoms with van der Waals surface area (Å²) in [6.07, 6.45) is 1.35. The van der Waals surface area contributed by atoms with E-state index in [2.05, 4.69) is 4.98 Å². The van der Waals surface area contributed by atoms with Crippen LogP contribution in [0, 0.1) is 0 Å². The molecule has 0 N–H and O–H groups in total. The SMILES string of the molecule is COC(=O)C(OC)(c1ccc(Cl)cc1)c1ccc2ocnc2c1. The van der Waals surface area contributed by atoms with Crippen LogP contribution in [0.3, 0.4) is 0 Å². The third kappa shape index (κ3) is 2.48. The standard InChI is InChI=1S/C17H14ClNO4/c1-21-16(20)17(22-2,11-3-6-13(18)7-4-11)12-5-8-15-14(9-12)19-10-23-15/h3-10H,1-2H3. The number of fused-ring (bicyclic) bond motifs is 1. The second kappa shape index (κ2) is 6.02. The van der Waals surface area contributed by atoms with Crippen molar-refractivity contribution >= 4 is 28.7 Å². The maximum atomic E-state index is 12.6. The van der Waals surface area contributed by atoms with Crippen molar-refractivity contribution in [1.29, 1.82) is 0 Å². The van der Waals surface area contributed by atoms with E-state index in [1.807, 2.05) is 0 Å². The molecule has 0 aliphatic rings. The second-order valence-corrected chi connectivity index (χ2v) is 5.36. The van der Waals surface area contributed by atoms with Crippen molar-refractivity contribution in [3.8, 4) is 0 Å². The number of rotatable bonds is 4. The number of methoxy groups -OCH3 is 2. The predicted octanol–water partition coefficient (Wildman–Crippen LogP) is 3.54. The van der Waals surface area contributed by atoms with Crippen LogP contribution in [0.1, 0.15) is 11.1 Å². The first-order chi connectivity index (χ1) is 11.1. The molecule has 1 aromatic heterocycles. The van der Waals surface area contributed by atoms with Crippen molar-refractivity contribution in [2.24, 2.45) is 0 Å². The van der Waals surface area contributed by atoms with Gasteiger partial charge < -0.3 is 13.9 Å². The number of ether oxygens (including phenoxy) is 2. The number of carbonyl (C=O) groups excluding carboxylic acids is 1. The molecule has 0 radical (unpaired) electrons. The molecule has 0 saturated heterocycles. The van der Waals surface area contributed by atoms with Gasteiger partial charge in [-0.05, 0) is 29.8 Å². The minimum absolute atomic E-state index is 0.537. The number of nitrogens with zero attached hydrogens (tertiary/aromatic N) is 1. The van der Waals surface area contributed by atoms with Gasteiger partial charge in [0.05, 0.1) is 7.11 Å².